The van der Waals surface area contributed by atoms with Crippen LogP contribution in [0.15, 0.2) is 24.3 Å². The van der Waals surface area contributed by atoms with Crippen LogP contribution in [0, 0.1) is 5.41 Å². The SMILES string of the molecule is COc1ccccc1C(O)C1(CN)CCOCC1. The van der Waals surface area contributed by atoms with E-state index in [1.54, 1.807) is 7.11 Å². The van der Waals surface area contributed by atoms with Crippen LogP contribution >= 0.6 is 0 Å². The van der Waals surface area contributed by atoms with Crippen LogP contribution < -0.4 is 10.5 Å². The van der Waals surface area contributed by atoms with Crippen molar-refractivity contribution in [2.45, 2.75) is 18.9 Å². The number of hydrogen-bond donors (Lipinski definition) is 2. The summed E-state index contributed by atoms with van der Waals surface area (Å²) in [6.45, 7) is 1.77. The van der Waals surface area contributed by atoms with Gasteiger partial charge in [0.2, 0.25) is 0 Å². The van der Waals surface area contributed by atoms with Crippen molar-refractivity contribution in [2.75, 3.05) is 26.9 Å². The van der Waals surface area contributed by atoms with Gasteiger partial charge in [-0.05, 0) is 18.9 Å². The molecule has 1 saturated heterocycles. The number of aliphatic hydroxyl groups is 1. The van der Waals surface area contributed by atoms with E-state index in [0.29, 0.717) is 25.5 Å². The van der Waals surface area contributed by atoms with E-state index in [4.69, 9.17) is 15.2 Å². The number of methoxy groups -OCH3 is 1. The van der Waals surface area contributed by atoms with Gasteiger partial charge in [-0.1, -0.05) is 18.2 Å². The summed E-state index contributed by atoms with van der Waals surface area (Å²) in [5.74, 6) is 0.712. The second kappa shape index (κ2) is 5.69. The number of ether oxygens (including phenoxy) is 2. The van der Waals surface area contributed by atoms with Gasteiger partial charge in [0, 0.05) is 30.7 Å². The number of benzene rings is 1. The largest absolute Gasteiger partial charge is 0.496 e. The van der Waals surface area contributed by atoms with E-state index in [1.165, 1.54) is 0 Å². The quantitative estimate of drug-likeness (QED) is 0.851. The molecular weight excluding hydrogens is 230 g/mol. The summed E-state index contributed by atoms with van der Waals surface area (Å²) >= 11 is 0. The molecule has 2 rings (SSSR count). The van der Waals surface area contributed by atoms with Crippen LogP contribution in [-0.2, 0) is 4.74 Å². The van der Waals surface area contributed by atoms with Gasteiger partial charge in [-0.3, -0.25) is 0 Å². The third-order valence-electron chi connectivity index (χ3n) is 3.91. The van der Waals surface area contributed by atoms with Gasteiger partial charge in [0.1, 0.15) is 5.75 Å². The summed E-state index contributed by atoms with van der Waals surface area (Å²) < 4.78 is 10.7. The lowest BCUT2D eigenvalue weighted by atomic mass is 9.73. The van der Waals surface area contributed by atoms with E-state index in [0.717, 1.165) is 18.4 Å². The van der Waals surface area contributed by atoms with Gasteiger partial charge < -0.3 is 20.3 Å². The molecule has 0 spiro atoms. The molecule has 1 unspecified atom stereocenters. The van der Waals surface area contributed by atoms with Crippen LogP contribution in [0.2, 0.25) is 0 Å². The number of aliphatic hydroxyl groups excluding tert-OH is 1. The average molecular weight is 251 g/mol. The van der Waals surface area contributed by atoms with Crippen molar-refractivity contribution in [2.24, 2.45) is 11.1 Å². The van der Waals surface area contributed by atoms with Crippen LogP contribution in [0.25, 0.3) is 0 Å². The number of para-hydroxylation sites is 1. The molecule has 1 fully saturated rings. The fourth-order valence-corrected chi connectivity index (χ4v) is 2.59. The zero-order chi connectivity index (χ0) is 13.0. The summed E-state index contributed by atoms with van der Waals surface area (Å²) in [4.78, 5) is 0. The maximum absolute atomic E-state index is 10.7. The minimum Gasteiger partial charge on any atom is -0.496 e. The molecular formula is C14H21NO3. The molecule has 4 nitrogen and oxygen atoms in total. The normalized spacial score (nSPS) is 20.4. The van der Waals surface area contributed by atoms with E-state index in [2.05, 4.69) is 0 Å². The van der Waals surface area contributed by atoms with Crippen molar-refractivity contribution in [3.63, 3.8) is 0 Å². The molecule has 4 heteroatoms. The van der Waals surface area contributed by atoms with Crippen LogP contribution in [0.4, 0.5) is 0 Å². The lowest BCUT2D eigenvalue weighted by molar-refractivity contribution is -0.0588. The van der Waals surface area contributed by atoms with Crippen molar-refractivity contribution in [3.8, 4) is 5.75 Å². The molecule has 1 heterocycles. The predicted octanol–water partition coefficient (Wildman–Crippen LogP) is 1.48. The number of hydrogen-bond acceptors (Lipinski definition) is 4. The molecule has 1 aliphatic heterocycles. The molecule has 0 aromatic heterocycles. The highest BCUT2D eigenvalue weighted by molar-refractivity contribution is 5.36. The average Bonchev–Trinajstić information content (AvgIpc) is 2.47. The fourth-order valence-electron chi connectivity index (χ4n) is 2.59. The molecule has 100 valence electrons. The Morgan fingerprint density at radius 3 is 2.67 bits per heavy atom. The van der Waals surface area contributed by atoms with Crippen LogP contribution in [0.5, 0.6) is 5.75 Å². The highest BCUT2D eigenvalue weighted by Gasteiger charge is 2.40. The van der Waals surface area contributed by atoms with E-state index in [1.807, 2.05) is 24.3 Å². The summed E-state index contributed by atoms with van der Waals surface area (Å²) in [7, 11) is 1.62. The topological polar surface area (TPSA) is 64.7 Å². The standard InChI is InChI=1S/C14H21NO3/c1-17-12-5-3-2-4-11(12)13(16)14(10-15)6-8-18-9-7-14/h2-5,13,16H,6-10,15H2,1H3. The predicted molar refractivity (Wildman–Crippen MR) is 69.5 cm³/mol. The summed E-state index contributed by atoms with van der Waals surface area (Å²) in [6, 6.07) is 7.57. The Hall–Kier alpha value is -1.10. The van der Waals surface area contributed by atoms with Crippen LogP contribution in [0.1, 0.15) is 24.5 Å². The second-order valence-corrected chi connectivity index (χ2v) is 4.82. The lowest BCUT2D eigenvalue weighted by Crippen LogP contribution is -2.41. The van der Waals surface area contributed by atoms with Gasteiger partial charge in [-0.25, -0.2) is 0 Å². The first-order valence-corrected chi connectivity index (χ1v) is 6.32. The maximum Gasteiger partial charge on any atom is 0.124 e. The lowest BCUT2D eigenvalue weighted by Gasteiger charge is -2.40. The van der Waals surface area contributed by atoms with E-state index in [9.17, 15) is 5.11 Å². The Balaban J connectivity index is 2.30. The smallest absolute Gasteiger partial charge is 0.124 e. The minimum absolute atomic E-state index is 0.299. The molecule has 0 amide bonds. The highest BCUT2D eigenvalue weighted by atomic mass is 16.5. The Morgan fingerprint density at radius 2 is 2.06 bits per heavy atom. The second-order valence-electron chi connectivity index (χ2n) is 4.82. The molecule has 1 atom stereocenters. The Bertz CT molecular complexity index is 388. The first-order valence-electron chi connectivity index (χ1n) is 6.32. The van der Waals surface area contributed by atoms with Crippen LogP contribution in [-0.4, -0.2) is 32.0 Å². The van der Waals surface area contributed by atoms with Crippen molar-refractivity contribution < 1.29 is 14.6 Å². The Labute approximate surface area is 108 Å². The van der Waals surface area contributed by atoms with Gasteiger partial charge in [0.25, 0.3) is 0 Å². The molecule has 1 aromatic carbocycles. The van der Waals surface area contributed by atoms with Crippen LogP contribution in [0.3, 0.4) is 0 Å². The molecule has 18 heavy (non-hydrogen) atoms. The van der Waals surface area contributed by atoms with Crippen molar-refractivity contribution >= 4 is 0 Å². The zero-order valence-electron chi connectivity index (χ0n) is 10.8. The molecule has 1 aliphatic rings. The molecule has 0 aliphatic carbocycles. The maximum atomic E-state index is 10.7. The third-order valence-corrected chi connectivity index (χ3v) is 3.91. The van der Waals surface area contributed by atoms with Gasteiger partial charge >= 0.3 is 0 Å². The molecule has 0 saturated carbocycles. The van der Waals surface area contributed by atoms with Crippen molar-refractivity contribution in [1.82, 2.24) is 0 Å². The van der Waals surface area contributed by atoms with Gasteiger partial charge in [-0.2, -0.15) is 0 Å². The Morgan fingerprint density at radius 1 is 1.39 bits per heavy atom. The van der Waals surface area contributed by atoms with Gasteiger partial charge in [-0.15, -0.1) is 0 Å². The first-order chi connectivity index (χ1) is 8.73. The summed E-state index contributed by atoms with van der Waals surface area (Å²) in [6.07, 6.45) is 0.952. The van der Waals surface area contributed by atoms with E-state index < -0.39 is 6.10 Å². The third kappa shape index (κ3) is 2.36. The molecule has 0 bridgehead atoms. The zero-order valence-corrected chi connectivity index (χ0v) is 10.8. The molecule has 1 aromatic rings. The molecule has 3 N–H and O–H groups in total. The van der Waals surface area contributed by atoms with Gasteiger partial charge in [0.05, 0.1) is 13.2 Å². The van der Waals surface area contributed by atoms with Crippen molar-refractivity contribution in [1.29, 1.82) is 0 Å². The fraction of sp³-hybridized carbons (Fsp3) is 0.571. The summed E-state index contributed by atoms with van der Waals surface area (Å²) in [5, 5.41) is 10.7. The highest BCUT2D eigenvalue weighted by Crippen LogP contribution is 2.44. The monoisotopic (exact) mass is 251 g/mol. The molecule has 0 radical (unpaired) electrons. The summed E-state index contributed by atoms with van der Waals surface area (Å²) in [5.41, 5.74) is 6.43. The van der Waals surface area contributed by atoms with Gasteiger partial charge in [0.15, 0.2) is 0 Å². The van der Waals surface area contributed by atoms with Crippen molar-refractivity contribution in [3.05, 3.63) is 29.8 Å². The van der Waals surface area contributed by atoms with E-state index in [-0.39, 0.29) is 5.41 Å². The number of rotatable bonds is 4. The number of nitrogens with two attached hydrogens (primary N) is 1. The first kappa shape index (κ1) is 13.3. The van der Waals surface area contributed by atoms with E-state index >= 15 is 0 Å². The minimum atomic E-state index is -0.609. The Kier molecular flexibility index (Phi) is 4.22.